The average molecular weight is 503 g/mol. The van der Waals surface area contributed by atoms with Crippen molar-refractivity contribution in [3.8, 4) is 11.5 Å². The number of rotatable bonds is 11. The van der Waals surface area contributed by atoms with E-state index in [1.165, 1.54) is 12.1 Å². The molecule has 7 nitrogen and oxygen atoms in total. The molecular weight excluding hydrogens is 476 g/mol. The van der Waals surface area contributed by atoms with Gasteiger partial charge in [-0.2, -0.15) is 0 Å². The van der Waals surface area contributed by atoms with Crippen molar-refractivity contribution in [2.75, 3.05) is 18.5 Å². The van der Waals surface area contributed by atoms with Crippen molar-refractivity contribution in [2.24, 2.45) is 0 Å². The van der Waals surface area contributed by atoms with Crippen LogP contribution in [0.3, 0.4) is 0 Å². The Morgan fingerprint density at radius 2 is 1.31 bits per heavy atom. The molecule has 0 bridgehead atoms. The number of para-hydroxylation sites is 1. The summed E-state index contributed by atoms with van der Waals surface area (Å²) in [5, 5.41) is 2.78. The minimum Gasteiger partial charge on any atom is -0.490 e. The van der Waals surface area contributed by atoms with Crippen molar-refractivity contribution in [2.45, 2.75) is 11.4 Å². The summed E-state index contributed by atoms with van der Waals surface area (Å²) in [6.07, 6.45) is 0. The first-order valence-corrected chi connectivity index (χ1v) is 12.8. The predicted octanol–water partition coefficient (Wildman–Crippen LogP) is 4.88. The van der Waals surface area contributed by atoms with Crippen LogP contribution < -0.4 is 19.5 Å². The van der Waals surface area contributed by atoms with Crippen molar-refractivity contribution in [3.05, 3.63) is 120 Å². The standard InChI is InChI=1S/C28H26N2O5S/c31-28(23-10-7-13-26(20-23)35-19-18-34-25-11-5-2-6-12-25)30-24-14-16-27(17-15-24)36(32,33)29-21-22-8-3-1-4-9-22/h1-17,20,29H,18-19,21H2,(H,30,31). The molecular formula is C28H26N2O5S. The van der Waals surface area contributed by atoms with Crippen LogP contribution in [0.5, 0.6) is 11.5 Å². The topological polar surface area (TPSA) is 93.7 Å². The highest BCUT2D eigenvalue weighted by Crippen LogP contribution is 2.18. The van der Waals surface area contributed by atoms with Crippen LogP contribution in [0.1, 0.15) is 15.9 Å². The molecule has 4 aromatic rings. The van der Waals surface area contributed by atoms with Crippen LogP contribution in [0.4, 0.5) is 5.69 Å². The van der Waals surface area contributed by atoms with Gasteiger partial charge in [-0.3, -0.25) is 4.79 Å². The van der Waals surface area contributed by atoms with Gasteiger partial charge in [-0.15, -0.1) is 0 Å². The zero-order valence-electron chi connectivity index (χ0n) is 19.5. The number of sulfonamides is 1. The number of anilines is 1. The highest BCUT2D eigenvalue weighted by atomic mass is 32.2. The molecule has 4 rings (SSSR count). The number of carbonyl (C=O) groups excluding carboxylic acids is 1. The quantitative estimate of drug-likeness (QED) is 0.285. The molecule has 4 aromatic carbocycles. The number of amides is 1. The fourth-order valence-electron chi connectivity index (χ4n) is 3.34. The molecule has 0 saturated heterocycles. The predicted molar refractivity (Wildman–Crippen MR) is 139 cm³/mol. The van der Waals surface area contributed by atoms with Crippen molar-refractivity contribution in [3.63, 3.8) is 0 Å². The van der Waals surface area contributed by atoms with Crippen molar-refractivity contribution in [1.82, 2.24) is 4.72 Å². The van der Waals surface area contributed by atoms with Gasteiger partial charge in [-0.05, 0) is 60.2 Å². The van der Waals surface area contributed by atoms with Crippen molar-refractivity contribution < 1.29 is 22.7 Å². The third-order valence-electron chi connectivity index (χ3n) is 5.19. The first kappa shape index (κ1) is 25.0. The number of hydrogen-bond acceptors (Lipinski definition) is 5. The van der Waals surface area contributed by atoms with Gasteiger partial charge in [-0.25, -0.2) is 13.1 Å². The first-order valence-electron chi connectivity index (χ1n) is 11.4. The van der Waals surface area contributed by atoms with E-state index in [4.69, 9.17) is 9.47 Å². The lowest BCUT2D eigenvalue weighted by Gasteiger charge is -2.11. The Morgan fingerprint density at radius 1 is 0.694 bits per heavy atom. The molecule has 2 N–H and O–H groups in total. The number of nitrogens with one attached hydrogen (secondary N) is 2. The fourth-order valence-corrected chi connectivity index (χ4v) is 4.36. The SMILES string of the molecule is O=C(Nc1ccc(S(=O)(=O)NCc2ccccc2)cc1)c1cccc(OCCOc2ccccc2)c1. The molecule has 0 fully saturated rings. The van der Waals surface area contributed by atoms with E-state index in [0.717, 1.165) is 11.3 Å². The maximum absolute atomic E-state index is 12.7. The zero-order chi connectivity index (χ0) is 25.2. The Labute approximate surface area is 210 Å². The summed E-state index contributed by atoms with van der Waals surface area (Å²) >= 11 is 0. The van der Waals surface area contributed by atoms with E-state index in [-0.39, 0.29) is 17.3 Å². The van der Waals surface area contributed by atoms with Gasteiger partial charge in [0.25, 0.3) is 5.91 Å². The second-order valence-corrected chi connectivity index (χ2v) is 9.59. The zero-order valence-corrected chi connectivity index (χ0v) is 20.3. The summed E-state index contributed by atoms with van der Waals surface area (Å²) in [5.41, 5.74) is 1.75. The molecule has 0 saturated carbocycles. The van der Waals surface area contributed by atoms with Crippen LogP contribution >= 0.6 is 0 Å². The lowest BCUT2D eigenvalue weighted by molar-refractivity contribution is 0.102. The van der Waals surface area contributed by atoms with Crippen LogP contribution in [-0.2, 0) is 16.6 Å². The summed E-state index contributed by atoms with van der Waals surface area (Å²) in [5.74, 6) is 0.976. The first-order chi connectivity index (χ1) is 17.5. The van der Waals surface area contributed by atoms with Gasteiger partial charge in [0.2, 0.25) is 10.0 Å². The van der Waals surface area contributed by atoms with Crippen LogP contribution in [0, 0.1) is 0 Å². The molecule has 0 spiro atoms. The summed E-state index contributed by atoms with van der Waals surface area (Å²) in [6.45, 7) is 0.891. The largest absolute Gasteiger partial charge is 0.490 e. The molecule has 0 aliphatic carbocycles. The molecule has 0 heterocycles. The maximum Gasteiger partial charge on any atom is 0.255 e. The Morgan fingerprint density at radius 3 is 2.00 bits per heavy atom. The minimum absolute atomic E-state index is 0.115. The van der Waals surface area contributed by atoms with Gasteiger partial charge in [0.15, 0.2) is 0 Å². The van der Waals surface area contributed by atoms with Gasteiger partial charge in [0.1, 0.15) is 24.7 Å². The molecule has 0 aliphatic rings. The van der Waals surface area contributed by atoms with Gasteiger partial charge in [-0.1, -0.05) is 54.6 Å². The molecule has 0 atom stereocenters. The maximum atomic E-state index is 12.7. The van der Waals surface area contributed by atoms with Crippen LogP contribution in [0.15, 0.2) is 114 Å². The van der Waals surface area contributed by atoms with Crippen LogP contribution in [0.2, 0.25) is 0 Å². The number of carbonyl (C=O) groups is 1. The normalized spacial score (nSPS) is 11.0. The number of ether oxygens (including phenoxy) is 2. The summed E-state index contributed by atoms with van der Waals surface area (Å²) in [7, 11) is -3.68. The molecule has 184 valence electrons. The van der Waals surface area contributed by atoms with Gasteiger partial charge in [0.05, 0.1) is 4.90 Å². The number of benzene rings is 4. The molecule has 36 heavy (non-hydrogen) atoms. The Hall–Kier alpha value is -4.14. The smallest absolute Gasteiger partial charge is 0.255 e. The van der Waals surface area contributed by atoms with E-state index in [1.807, 2.05) is 60.7 Å². The molecule has 0 unspecified atom stereocenters. The highest BCUT2D eigenvalue weighted by Gasteiger charge is 2.14. The van der Waals surface area contributed by atoms with Gasteiger partial charge >= 0.3 is 0 Å². The van der Waals surface area contributed by atoms with Crippen molar-refractivity contribution in [1.29, 1.82) is 0 Å². The van der Waals surface area contributed by atoms with E-state index < -0.39 is 10.0 Å². The van der Waals surface area contributed by atoms with Crippen LogP contribution in [0.25, 0.3) is 0 Å². The fraction of sp³-hybridized carbons (Fsp3) is 0.107. The van der Waals surface area contributed by atoms with Crippen LogP contribution in [-0.4, -0.2) is 27.5 Å². The molecule has 0 aromatic heterocycles. The highest BCUT2D eigenvalue weighted by molar-refractivity contribution is 7.89. The molecule has 0 radical (unpaired) electrons. The third kappa shape index (κ3) is 7.18. The Balaban J connectivity index is 1.29. The monoisotopic (exact) mass is 502 g/mol. The summed E-state index contributed by atoms with van der Waals surface area (Å²) in [6, 6.07) is 31.5. The lowest BCUT2D eigenvalue weighted by Crippen LogP contribution is -2.23. The van der Waals surface area contributed by atoms with E-state index >= 15 is 0 Å². The molecule has 1 amide bonds. The third-order valence-corrected chi connectivity index (χ3v) is 6.61. The van der Waals surface area contributed by atoms with Gasteiger partial charge < -0.3 is 14.8 Å². The second-order valence-electron chi connectivity index (χ2n) is 7.83. The van der Waals surface area contributed by atoms with E-state index in [1.54, 1.807) is 36.4 Å². The van der Waals surface area contributed by atoms with E-state index in [0.29, 0.717) is 30.2 Å². The molecule has 0 aliphatic heterocycles. The lowest BCUT2D eigenvalue weighted by atomic mass is 10.2. The Bertz CT molecular complexity index is 1380. The summed E-state index contributed by atoms with van der Waals surface area (Å²) < 4.78 is 39.0. The minimum atomic E-state index is -3.68. The van der Waals surface area contributed by atoms with Gasteiger partial charge in [0, 0.05) is 17.8 Å². The van der Waals surface area contributed by atoms with E-state index in [9.17, 15) is 13.2 Å². The summed E-state index contributed by atoms with van der Waals surface area (Å²) in [4.78, 5) is 12.8. The van der Waals surface area contributed by atoms with E-state index in [2.05, 4.69) is 10.0 Å². The Kier molecular flexibility index (Phi) is 8.33. The second kappa shape index (κ2) is 12.0. The van der Waals surface area contributed by atoms with Crippen molar-refractivity contribution >= 4 is 21.6 Å². The number of hydrogen-bond donors (Lipinski definition) is 2. The molecule has 8 heteroatoms. The average Bonchev–Trinajstić information content (AvgIpc) is 2.92.